The van der Waals surface area contributed by atoms with Gasteiger partial charge in [0.2, 0.25) is 5.91 Å². The van der Waals surface area contributed by atoms with Gasteiger partial charge in [0.15, 0.2) is 0 Å². The van der Waals surface area contributed by atoms with Crippen LogP contribution in [0.4, 0.5) is 0 Å². The molecule has 0 saturated carbocycles. The normalized spacial score (nSPS) is 17.5. The van der Waals surface area contributed by atoms with Gasteiger partial charge in [-0.2, -0.15) is 11.8 Å². The van der Waals surface area contributed by atoms with Crippen LogP contribution in [0.15, 0.2) is 0 Å². The molecule has 104 valence electrons. The van der Waals surface area contributed by atoms with E-state index in [0.29, 0.717) is 6.42 Å². The molecule has 0 aromatic heterocycles. The first-order valence-electron chi connectivity index (χ1n) is 5.62. The number of aliphatic hydroxyl groups excluding tert-OH is 1. The van der Waals surface area contributed by atoms with Crippen LogP contribution in [-0.4, -0.2) is 40.7 Å². The van der Waals surface area contributed by atoms with Gasteiger partial charge in [-0.3, -0.25) is 4.79 Å². The number of hydrogen-bond donors (Lipinski definition) is 3. The molecule has 0 radical (unpaired) electrons. The third-order valence-electron chi connectivity index (χ3n) is 2.69. The molecule has 0 aliphatic carbocycles. The summed E-state index contributed by atoms with van der Waals surface area (Å²) in [7, 11) is 0. The third kappa shape index (κ3) is 6.50. The number of carbonyl (C=O) groups is 1. The molecule has 0 aliphatic heterocycles. The Kier molecular flexibility index (Phi) is 10.3. The van der Waals surface area contributed by atoms with E-state index in [9.17, 15) is 4.79 Å². The van der Waals surface area contributed by atoms with Gasteiger partial charge in [-0.05, 0) is 26.5 Å². The number of thioether (sulfide) groups is 1. The van der Waals surface area contributed by atoms with Gasteiger partial charge in [0.1, 0.15) is 0 Å². The van der Waals surface area contributed by atoms with Gasteiger partial charge < -0.3 is 16.2 Å². The molecule has 0 saturated heterocycles. The van der Waals surface area contributed by atoms with E-state index < -0.39 is 5.54 Å². The smallest absolute Gasteiger partial charge is 0.240 e. The van der Waals surface area contributed by atoms with E-state index in [-0.39, 0.29) is 36.2 Å². The van der Waals surface area contributed by atoms with Crippen LogP contribution in [0.3, 0.4) is 0 Å². The number of hydrogen-bond acceptors (Lipinski definition) is 4. The molecule has 0 rings (SSSR count). The van der Waals surface area contributed by atoms with Crippen molar-refractivity contribution in [3.8, 4) is 0 Å². The lowest BCUT2D eigenvalue weighted by Crippen LogP contribution is -2.55. The summed E-state index contributed by atoms with van der Waals surface area (Å²) >= 11 is 1.54. The van der Waals surface area contributed by atoms with Crippen molar-refractivity contribution in [2.45, 2.75) is 50.4 Å². The first kappa shape index (κ1) is 19.4. The molecule has 17 heavy (non-hydrogen) atoms. The van der Waals surface area contributed by atoms with Gasteiger partial charge in [-0.25, -0.2) is 0 Å². The van der Waals surface area contributed by atoms with Gasteiger partial charge in [-0.1, -0.05) is 13.3 Å². The molecule has 0 bridgehead atoms. The summed E-state index contributed by atoms with van der Waals surface area (Å²) in [5.41, 5.74) is 5.10. The van der Waals surface area contributed by atoms with Gasteiger partial charge in [-0.15, -0.1) is 12.4 Å². The summed E-state index contributed by atoms with van der Waals surface area (Å²) in [4.78, 5) is 11.9. The molecule has 0 spiro atoms. The summed E-state index contributed by atoms with van der Waals surface area (Å²) in [6.45, 7) is 5.68. The van der Waals surface area contributed by atoms with Gasteiger partial charge in [0.25, 0.3) is 0 Å². The Morgan fingerprint density at radius 3 is 2.47 bits per heavy atom. The molecule has 0 aromatic carbocycles. The van der Waals surface area contributed by atoms with Crippen LogP contribution >= 0.6 is 24.2 Å². The highest BCUT2D eigenvalue weighted by Crippen LogP contribution is 2.13. The lowest BCUT2D eigenvalue weighted by Gasteiger charge is -2.28. The number of amides is 1. The standard InChI is InChI=1S/C11H24N2O2S.ClH/c1-5-6-11(3,12)10(15)13-8(2)9(7-14)16-4;/h8-9,14H,5-7,12H2,1-4H3,(H,13,15);1H. The number of rotatable bonds is 7. The lowest BCUT2D eigenvalue weighted by molar-refractivity contribution is -0.126. The molecule has 0 fully saturated rings. The van der Waals surface area contributed by atoms with Gasteiger partial charge in [0, 0.05) is 11.3 Å². The van der Waals surface area contributed by atoms with Crippen LogP contribution in [-0.2, 0) is 4.79 Å². The highest BCUT2D eigenvalue weighted by molar-refractivity contribution is 7.99. The van der Waals surface area contributed by atoms with Gasteiger partial charge in [0.05, 0.1) is 12.1 Å². The fraction of sp³-hybridized carbons (Fsp3) is 0.909. The zero-order valence-electron chi connectivity index (χ0n) is 11.0. The third-order valence-corrected chi connectivity index (χ3v) is 3.85. The van der Waals surface area contributed by atoms with Gasteiger partial charge >= 0.3 is 0 Å². The maximum atomic E-state index is 11.9. The molecular weight excluding hydrogens is 260 g/mol. The molecule has 1 amide bonds. The van der Waals surface area contributed by atoms with Crippen molar-refractivity contribution in [1.29, 1.82) is 0 Å². The first-order valence-corrected chi connectivity index (χ1v) is 6.91. The zero-order chi connectivity index (χ0) is 12.8. The fourth-order valence-corrected chi connectivity index (χ4v) is 2.16. The van der Waals surface area contributed by atoms with Crippen LogP contribution < -0.4 is 11.1 Å². The number of nitrogens with two attached hydrogens (primary N) is 1. The van der Waals surface area contributed by atoms with Crippen molar-refractivity contribution in [2.24, 2.45) is 5.73 Å². The quantitative estimate of drug-likeness (QED) is 0.656. The Balaban J connectivity index is 0. The zero-order valence-corrected chi connectivity index (χ0v) is 12.7. The summed E-state index contributed by atoms with van der Waals surface area (Å²) < 4.78 is 0. The maximum absolute atomic E-state index is 11.9. The monoisotopic (exact) mass is 284 g/mol. The van der Waals surface area contributed by atoms with Crippen molar-refractivity contribution in [3.63, 3.8) is 0 Å². The topological polar surface area (TPSA) is 75.4 Å². The molecular formula is C11H25ClN2O2S. The van der Waals surface area contributed by atoms with E-state index in [0.717, 1.165) is 6.42 Å². The average Bonchev–Trinajstić information content (AvgIpc) is 2.19. The van der Waals surface area contributed by atoms with E-state index in [2.05, 4.69) is 5.32 Å². The predicted molar refractivity (Wildman–Crippen MR) is 76.7 cm³/mol. The molecule has 4 nitrogen and oxygen atoms in total. The van der Waals surface area contributed by atoms with Crippen LogP contribution in [0.1, 0.15) is 33.6 Å². The van der Waals surface area contributed by atoms with Crippen molar-refractivity contribution in [2.75, 3.05) is 12.9 Å². The molecule has 0 aromatic rings. The molecule has 3 unspecified atom stereocenters. The highest BCUT2D eigenvalue weighted by Gasteiger charge is 2.29. The minimum Gasteiger partial charge on any atom is -0.395 e. The predicted octanol–water partition coefficient (Wildman–Crippen LogP) is 1.15. The molecule has 0 heterocycles. The Morgan fingerprint density at radius 1 is 1.59 bits per heavy atom. The minimum atomic E-state index is -0.818. The average molecular weight is 285 g/mol. The van der Waals surface area contributed by atoms with E-state index in [4.69, 9.17) is 10.8 Å². The molecule has 4 N–H and O–H groups in total. The summed E-state index contributed by atoms with van der Waals surface area (Å²) in [6.07, 6.45) is 3.45. The van der Waals surface area contributed by atoms with E-state index in [1.807, 2.05) is 20.1 Å². The number of nitrogens with one attached hydrogen (secondary N) is 1. The van der Waals surface area contributed by atoms with Crippen LogP contribution in [0, 0.1) is 0 Å². The second-order valence-electron chi connectivity index (χ2n) is 4.39. The van der Waals surface area contributed by atoms with Crippen molar-refractivity contribution in [3.05, 3.63) is 0 Å². The van der Waals surface area contributed by atoms with Crippen LogP contribution in [0.25, 0.3) is 0 Å². The number of halogens is 1. The first-order chi connectivity index (χ1) is 7.38. The number of carbonyl (C=O) groups excluding carboxylic acids is 1. The second-order valence-corrected chi connectivity index (χ2v) is 5.46. The lowest BCUT2D eigenvalue weighted by atomic mass is 9.96. The largest absolute Gasteiger partial charge is 0.395 e. The highest BCUT2D eigenvalue weighted by atomic mass is 35.5. The Hall–Kier alpha value is 0.0300. The van der Waals surface area contributed by atoms with E-state index in [1.165, 1.54) is 11.8 Å². The van der Waals surface area contributed by atoms with Crippen molar-refractivity contribution in [1.82, 2.24) is 5.32 Å². The Labute approximate surface area is 115 Å². The fourth-order valence-electron chi connectivity index (χ4n) is 1.53. The van der Waals surface area contributed by atoms with E-state index in [1.54, 1.807) is 6.92 Å². The Bertz CT molecular complexity index is 224. The van der Waals surface area contributed by atoms with Crippen molar-refractivity contribution < 1.29 is 9.90 Å². The molecule has 6 heteroatoms. The van der Waals surface area contributed by atoms with Crippen molar-refractivity contribution >= 4 is 30.1 Å². The Morgan fingerprint density at radius 2 is 2.12 bits per heavy atom. The number of aliphatic hydroxyl groups is 1. The van der Waals surface area contributed by atoms with Crippen LogP contribution in [0.2, 0.25) is 0 Å². The molecule has 0 aliphatic rings. The minimum absolute atomic E-state index is 0. The van der Waals surface area contributed by atoms with Crippen LogP contribution in [0.5, 0.6) is 0 Å². The maximum Gasteiger partial charge on any atom is 0.240 e. The summed E-state index contributed by atoms with van der Waals surface area (Å²) in [5.74, 6) is -0.144. The second kappa shape index (κ2) is 9.03. The van der Waals surface area contributed by atoms with E-state index >= 15 is 0 Å². The SMILES string of the molecule is CCCC(C)(N)C(=O)NC(C)C(CO)SC.Cl. The summed E-state index contributed by atoms with van der Waals surface area (Å²) in [5, 5.41) is 12.0. The molecule has 3 atom stereocenters. The summed E-state index contributed by atoms with van der Waals surface area (Å²) in [6, 6.07) is -0.0766.